The number of aromatic nitrogens is 2. The Bertz CT molecular complexity index is 1100. The van der Waals surface area contributed by atoms with E-state index in [1.165, 1.54) is 16.8 Å². The molecular formula is C17H14N6O3S2. The van der Waals surface area contributed by atoms with Crippen molar-refractivity contribution in [3.05, 3.63) is 78.9 Å². The van der Waals surface area contributed by atoms with Crippen molar-refractivity contribution in [2.75, 3.05) is 6.54 Å². The lowest BCUT2D eigenvalue weighted by molar-refractivity contribution is -0.00583. The number of hydrogen-bond donors (Lipinski definition) is 1. The monoisotopic (exact) mass is 414 g/mol. The van der Waals surface area contributed by atoms with Crippen LogP contribution in [0.1, 0.15) is 23.8 Å². The van der Waals surface area contributed by atoms with E-state index in [1.807, 2.05) is 24.3 Å². The highest BCUT2D eigenvalue weighted by molar-refractivity contribution is 7.82. The Labute approximate surface area is 169 Å². The van der Waals surface area contributed by atoms with Crippen molar-refractivity contribution in [2.45, 2.75) is 24.8 Å². The first kappa shape index (κ1) is 18.5. The largest absolute Gasteiger partial charge is 0.352 e. The third-order valence-electron chi connectivity index (χ3n) is 4.81. The Balaban J connectivity index is 1.59. The SMILES string of the molecule is [N-]=[N+]=N[C@H]1C[C@H](n2ccc(=O)[nH]c2=O)O[C@@H]1CN1C(=S)c2ccccc2C1=S. The van der Waals surface area contributed by atoms with Crippen LogP contribution in [0.2, 0.25) is 0 Å². The molecule has 28 heavy (non-hydrogen) atoms. The van der Waals surface area contributed by atoms with Gasteiger partial charge in [-0.2, -0.15) is 0 Å². The van der Waals surface area contributed by atoms with Crippen molar-refractivity contribution in [1.82, 2.24) is 14.5 Å². The maximum atomic E-state index is 12.1. The smallest absolute Gasteiger partial charge is 0.330 e. The molecule has 1 aromatic heterocycles. The highest BCUT2D eigenvalue weighted by Crippen LogP contribution is 2.33. The average molecular weight is 414 g/mol. The van der Waals surface area contributed by atoms with E-state index in [0.29, 0.717) is 22.9 Å². The maximum absolute atomic E-state index is 12.1. The fourth-order valence-electron chi connectivity index (χ4n) is 3.48. The van der Waals surface area contributed by atoms with Crippen LogP contribution in [0.15, 0.2) is 51.2 Å². The fraction of sp³-hybridized carbons (Fsp3) is 0.294. The summed E-state index contributed by atoms with van der Waals surface area (Å²) in [6.45, 7) is 0.296. The van der Waals surface area contributed by atoms with Crippen LogP contribution in [0.25, 0.3) is 10.4 Å². The minimum Gasteiger partial charge on any atom is -0.352 e. The molecule has 9 nitrogen and oxygen atoms in total. The lowest BCUT2D eigenvalue weighted by Gasteiger charge is -2.24. The standard InChI is InChI=1S/C17H14N6O3S2/c18-21-20-11-7-14(22-6-5-13(24)19-17(22)25)26-12(11)8-23-15(27)9-3-1-2-4-10(9)16(23)28/h1-6,11-12,14H,7-8H2,(H,19,24,25)/t11-,12+,14+/m0/s1. The quantitative estimate of drug-likeness (QED) is 0.353. The summed E-state index contributed by atoms with van der Waals surface area (Å²) in [5.41, 5.74) is 9.61. The van der Waals surface area contributed by atoms with Crippen molar-refractivity contribution in [2.24, 2.45) is 5.11 Å². The van der Waals surface area contributed by atoms with Crippen LogP contribution in [0.5, 0.6) is 0 Å². The summed E-state index contributed by atoms with van der Waals surface area (Å²) in [6, 6.07) is 8.33. The molecule has 0 spiro atoms. The highest BCUT2D eigenvalue weighted by Gasteiger charge is 2.40. The number of fused-ring (bicyclic) bond motifs is 1. The summed E-state index contributed by atoms with van der Waals surface area (Å²) in [6.07, 6.45) is 0.463. The van der Waals surface area contributed by atoms with E-state index < -0.39 is 29.6 Å². The predicted molar refractivity (Wildman–Crippen MR) is 109 cm³/mol. The molecule has 1 aromatic carbocycles. The lowest BCUT2D eigenvalue weighted by atomic mass is 10.1. The van der Waals surface area contributed by atoms with Crippen molar-refractivity contribution in [3.63, 3.8) is 0 Å². The van der Waals surface area contributed by atoms with E-state index in [1.54, 1.807) is 4.90 Å². The Morgan fingerprint density at radius 3 is 2.50 bits per heavy atom. The minimum absolute atomic E-state index is 0.293. The molecule has 2 aromatic rings. The molecule has 1 fully saturated rings. The number of nitrogens with zero attached hydrogens (tertiary/aromatic N) is 5. The van der Waals surface area contributed by atoms with Gasteiger partial charge < -0.3 is 9.64 Å². The first-order valence-corrected chi connectivity index (χ1v) is 9.27. The summed E-state index contributed by atoms with van der Waals surface area (Å²) in [5.74, 6) is 0. The van der Waals surface area contributed by atoms with Gasteiger partial charge in [0.25, 0.3) is 5.56 Å². The molecule has 2 aliphatic heterocycles. The Kier molecular flexibility index (Phi) is 4.82. The normalized spacial score (nSPS) is 23.6. The molecule has 0 amide bonds. The molecule has 11 heteroatoms. The van der Waals surface area contributed by atoms with Gasteiger partial charge >= 0.3 is 5.69 Å². The minimum atomic E-state index is -0.669. The van der Waals surface area contributed by atoms with Crippen LogP contribution >= 0.6 is 24.4 Å². The van der Waals surface area contributed by atoms with Gasteiger partial charge in [0.1, 0.15) is 16.2 Å². The zero-order chi connectivity index (χ0) is 19.8. The molecule has 3 atom stereocenters. The molecule has 2 aliphatic rings. The number of benzene rings is 1. The van der Waals surface area contributed by atoms with E-state index in [0.717, 1.165) is 11.1 Å². The zero-order valence-electron chi connectivity index (χ0n) is 14.4. The first-order chi connectivity index (χ1) is 13.5. The molecule has 0 saturated carbocycles. The van der Waals surface area contributed by atoms with Crippen LogP contribution < -0.4 is 11.2 Å². The van der Waals surface area contributed by atoms with E-state index in [4.69, 9.17) is 34.7 Å². The summed E-state index contributed by atoms with van der Waals surface area (Å²) in [5, 5.41) is 3.82. The summed E-state index contributed by atoms with van der Waals surface area (Å²) in [7, 11) is 0. The van der Waals surface area contributed by atoms with Crippen molar-refractivity contribution in [3.8, 4) is 0 Å². The number of hydrogen-bond acceptors (Lipinski definition) is 6. The molecule has 0 unspecified atom stereocenters. The van der Waals surface area contributed by atoms with Gasteiger partial charge in [0, 0.05) is 34.7 Å². The second-order valence-electron chi connectivity index (χ2n) is 6.42. The van der Waals surface area contributed by atoms with Crippen LogP contribution in [-0.4, -0.2) is 43.1 Å². The number of rotatable bonds is 4. The number of thiocarbonyl (C=S) groups is 2. The van der Waals surface area contributed by atoms with E-state index in [9.17, 15) is 9.59 Å². The zero-order valence-corrected chi connectivity index (χ0v) is 16.0. The van der Waals surface area contributed by atoms with Gasteiger partial charge in [0.15, 0.2) is 0 Å². The molecule has 0 aliphatic carbocycles. The third kappa shape index (κ3) is 3.14. The van der Waals surface area contributed by atoms with Crippen molar-refractivity contribution < 1.29 is 4.74 Å². The van der Waals surface area contributed by atoms with Crippen LogP contribution in [0.3, 0.4) is 0 Å². The summed E-state index contributed by atoms with van der Waals surface area (Å²) < 4.78 is 7.28. The Morgan fingerprint density at radius 2 is 1.89 bits per heavy atom. The van der Waals surface area contributed by atoms with Gasteiger partial charge in [0.05, 0.1) is 18.7 Å². The topological polar surface area (TPSA) is 116 Å². The number of ether oxygens (including phenoxy) is 1. The number of nitrogens with one attached hydrogen (secondary N) is 1. The average Bonchev–Trinajstić information content (AvgIpc) is 3.17. The second kappa shape index (κ2) is 7.28. The number of H-pyrrole nitrogens is 1. The molecule has 1 N–H and O–H groups in total. The fourth-order valence-corrected chi connectivity index (χ4v) is 4.22. The Hall–Kier alpha value is -2.85. The van der Waals surface area contributed by atoms with E-state index in [2.05, 4.69) is 15.0 Å². The lowest BCUT2D eigenvalue weighted by Crippen LogP contribution is -2.39. The number of aromatic amines is 1. The van der Waals surface area contributed by atoms with Crippen LogP contribution in [-0.2, 0) is 4.74 Å². The maximum Gasteiger partial charge on any atom is 0.330 e. The molecule has 1 saturated heterocycles. The summed E-state index contributed by atoms with van der Waals surface area (Å²) in [4.78, 5) is 31.4. The van der Waals surface area contributed by atoms with E-state index >= 15 is 0 Å². The van der Waals surface area contributed by atoms with Crippen molar-refractivity contribution in [1.29, 1.82) is 0 Å². The van der Waals surface area contributed by atoms with Crippen LogP contribution in [0.4, 0.5) is 0 Å². The second-order valence-corrected chi connectivity index (χ2v) is 7.19. The molecule has 3 heterocycles. The van der Waals surface area contributed by atoms with Gasteiger partial charge in [0.2, 0.25) is 0 Å². The highest BCUT2D eigenvalue weighted by atomic mass is 32.1. The first-order valence-electron chi connectivity index (χ1n) is 8.46. The van der Waals surface area contributed by atoms with Crippen LogP contribution in [0, 0.1) is 0 Å². The predicted octanol–water partition coefficient (Wildman–Crippen LogP) is 1.87. The van der Waals surface area contributed by atoms with Crippen molar-refractivity contribution >= 4 is 34.4 Å². The molecular weight excluding hydrogens is 400 g/mol. The Morgan fingerprint density at radius 1 is 1.21 bits per heavy atom. The molecule has 4 rings (SSSR count). The van der Waals surface area contributed by atoms with Gasteiger partial charge in [-0.25, -0.2) is 4.79 Å². The molecule has 0 bridgehead atoms. The molecule has 0 radical (unpaired) electrons. The van der Waals surface area contributed by atoms with Gasteiger partial charge in [-0.1, -0.05) is 53.8 Å². The van der Waals surface area contributed by atoms with E-state index in [-0.39, 0.29) is 0 Å². The molecule has 142 valence electrons. The summed E-state index contributed by atoms with van der Waals surface area (Å²) >= 11 is 11.1. The van der Waals surface area contributed by atoms with Gasteiger partial charge in [-0.05, 0) is 5.53 Å². The number of azide groups is 1. The third-order valence-corrected chi connectivity index (χ3v) is 5.69. The van der Waals surface area contributed by atoms with Gasteiger partial charge in [-0.15, -0.1) is 0 Å². The van der Waals surface area contributed by atoms with Gasteiger partial charge in [-0.3, -0.25) is 14.3 Å².